The van der Waals surface area contributed by atoms with Crippen LogP contribution in [0.3, 0.4) is 0 Å². The van der Waals surface area contributed by atoms with E-state index in [4.69, 9.17) is 4.74 Å². The third-order valence-electron chi connectivity index (χ3n) is 4.03. The highest BCUT2D eigenvalue weighted by Crippen LogP contribution is 2.25. The molecular weight excluding hydrogens is 267 g/mol. The van der Waals surface area contributed by atoms with Crippen molar-refractivity contribution >= 4 is 0 Å². The molecule has 1 aromatic carbocycles. The van der Waals surface area contributed by atoms with E-state index in [9.17, 15) is 4.39 Å². The molecule has 0 aromatic heterocycles. The molecule has 1 aliphatic carbocycles. The van der Waals surface area contributed by atoms with Crippen LogP contribution < -0.4 is 10.1 Å². The van der Waals surface area contributed by atoms with E-state index in [0.717, 1.165) is 25.1 Å². The predicted molar refractivity (Wildman–Crippen MR) is 84.3 cm³/mol. The molecular formula is C17H27FN2O. The number of nitrogens with one attached hydrogen (secondary N) is 1. The Morgan fingerprint density at radius 1 is 1.43 bits per heavy atom. The summed E-state index contributed by atoms with van der Waals surface area (Å²) in [5.41, 5.74) is 0.961. The first-order valence-electron chi connectivity index (χ1n) is 7.97. The van der Waals surface area contributed by atoms with Crippen LogP contribution in [0, 0.1) is 5.82 Å². The zero-order valence-electron chi connectivity index (χ0n) is 13.4. The van der Waals surface area contributed by atoms with Crippen LogP contribution >= 0.6 is 0 Å². The Morgan fingerprint density at radius 2 is 2.19 bits per heavy atom. The Kier molecular flexibility index (Phi) is 6.00. The fourth-order valence-corrected chi connectivity index (χ4v) is 2.38. The van der Waals surface area contributed by atoms with Crippen molar-refractivity contribution in [2.24, 2.45) is 0 Å². The number of rotatable bonds is 9. The van der Waals surface area contributed by atoms with Crippen molar-refractivity contribution < 1.29 is 9.13 Å². The maximum absolute atomic E-state index is 14.1. The number of benzene rings is 1. The Morgan fingerprint density at radius 3 is 2.81 bits per heavy atom. The Hall–Kier alpha value is -1.13. The molecule has 1 fully saturated rings. The summed E-state index contributed by atoms with van der Waals surface area (Å²) in [5, 5.41) is 3.36. The summed E-state index contributed by atoms with van der Waals surface area (Å²) in [5.74, 6) is 0.0809. The summed E-state index contributed by atoms with van der Waals surface area (Å²) >= 11 is 0. The quantitative estimate of drug-likeness (QED) is 0.756. The molecule has 1 aromatic rings. The monoisotopic (exact) mass is 294 g/mol. The van der Waals surface area contributed by atoms with Gasteiger partial charge in [-0.05, 0) is 57.5 Å². The van der Waals surface area contributed by atoms with Crippen molar-refractivity contribution in [2.45, 2.75) is 45.2 Å². The van der Waals surface area contributed by atoms with Gasteiger partial charge in [0.25, 0.3) is 0 Å². The molecule has 0 bridgehead atoms. The van der Waals surface area contributed by atoms with Crippen molar-refractivity contribution in [3.05, 3.63) is 29.6 Å². The molecule has 118 valence electrons. The third kappa shape index (κ3) is 4.97. The van der Waals surface area contributed by atoms with E-state index < -0.39 is 0 Å². The van der Waals surface area contributed by atoms with E-state index in [0.29, 0.717) is 18.4 Å². The highest BCUT2D eigenvalue weighted by Gasteiger charge is 2.25. The SMILES string of the molecule is CCCNC(C)c1ccc(OCCN(C)C2CC2)c(F)c1. The molecule has 1 unspecified atom stereocenters. The van der Waals surface area contributed by atoms with Crippen molar-refractivity contribution in [2.75, 3.05) is 26.7 Å². The second-order valence-electron chi connectivity index (χ2n) is 5.93. The first-order valence-corrected chi connectivity index (χ1v) is 7.97. The lowest BCUT2D eigenvalue weighted by atomic mass is 10.1. The first kappa shape index (κ1) is 16.2. The van der Waals surface area contributed by atoms with E-state index in [1.54, 1.807) is 12.1 Å². The van der Waals surface area contributed by atoms with Gasteiger partial charge in [-0.15, -0.1) is 0 Å². The van der Waals surface area contributed by atoms with Crippen LogP contribution in [-0.4, -0.2) is 37.7 Å². The predicted octanol–water partition coefficient (Wildman–Crippen LogP) is 3.36. The Balaban J connectivity index is 1.83. The van der Waals surface area contributed by atoms with Gasteiger partial charge in [-0.3, -0.25) is 0 Å². The van der Waals surface area contributed by atoms with Gasteiger partial charge in [-0.1, -0.05) is 13.0 Å². The number of nitrogens with zero attached hydrogens (tertiary/aromatic N) is 1. The van der Waals surface area contributed by atoms with E-state index in [2.05, 4.69) is 31.1 Å². The van der Waals surface area contributed by atoms with Gasteiger partial charge in [-0.2, -0.15) is 0 Å². The van der Waals surface area contributed by atoms with Crippen LogP contribution in [0.5, 0.6) is 5.75 Å². The van der Waals surface area contributed by atoms with Crippen LogP contribution in [0.2, 0.25) is 0 Å². The average molecular weight is 294 g/mol. The van der Waals surface area contributed by atoms with Gasteiger partial charge in [0.15, 0.2) is 11.6 Å². The molecule has 0 aliphatic heterocycles. The third-order valence-corrected chi connectivity index (χ3v) is 4.03. The van der Waals surface area contributed by atoms with Crippen LogP contribution in [-0.2, 0) is 0 Å². The summed E-state index contributed by atoms with van der Waals surface area (Å²) in [6.45, 7) is 6.49. The molecule has 0 radical (unpaired) electrons. The molecule has 0 spiro atoms. The minimum Gasteiger partial charge on any atom is -0.489 e. The summed E-state index contributed by atoms with van der Waals surface area (Å²) in [6, 6.07) is 6.14. The molecule has 0 amide bonds. The van der Waals surface area contributed by atoms with Crippen LogP contribution in [0.4, 0.5) is 4.39 Å². The highest BCUT2D eigenvalue weighted by atomic mass is 19.1. The highest BCUT2D eigenvalue weighted by molar-refractivity contribution is 5.30. The van der Waals surface area contributed by atoms with Gasteiger partial charge >= 0.3 is 0 Å². The largest absolute Gasteiger partial charge is 0.489 e. The number of hydrogen-bond acceptors (Lipinski definition) is 3. The van der Waals surface area contributed by atoms with Gasteiger partial charge < -0.3 is 15.0 Å². The Bertz CT molecular complexity index is 448. The molecule has 1 atom stereocenters. The molecule has 21 heavy (non-hydrogen) atoms. The van der Waals surface area contributed by atoms with Crippen molar-refractivity contribution in [3.63, 3.8) is 0 Å². The fraction of sp³-hybridized carbons (Fsp3) is 0.647. The number of ether oxygens (including phenoxy) is 1. The second-order valence-corrected chi connectivity index (χ2v) is 5.93. The molecule has 1 N–H and O–H groups in total. The standard InChI is InChI=1S/C17H27FN2O/c1-4-9-19-13(2)14-5-8-17(16(18)12-14)21-11-10-20(3)15-6-7-15/h5,8,12-13,15,19H,4,6-7,9-11H2,1-3H3. The van der Waals surface area contributed by atoms with Gasteiger partial charge in [0.2, 0.25) is 0 Å². The van der Waals surface area contributed by atoms with Crippen LogP contribution in [0.25, 0.3) is 0 Å². The van der Waals surface area contributed by atoms with E-state index in [1.165, 1.54) is 12.8 Å². The molecule has 1 saturated carbocycles. The summed E-state index contributed by atoms with van der Waals surface area (Å²) in [4.78, 5) is 2.28. The van der Waals surface area contributed by atoms with E-state index in [1.807, 2.05) is 6.07 Å². The zero-order valence-corrected chi connectivity index (χ0v) is 13.4. The summed E-state index contributed by atoms with van der Waals surface area (Å²) < 4.78 is 19.6. The molecule has 3 nitrogen and oxygen atoms in total. The lowest BCUT2D eigenvalue weighted by molar-refractivity contribution is 0.225. The van der Waals surface area contributed by atoms with E-state index >= 15 is 0 Å². The smallest absolute Gasteiger partial charge is 0.165 e. The second kappa shape index (κ2) is 7.76. The van der Waals surface area contributed by atoms with Crippen molar-refractivity contribution in [3.8, 4) is 5.75 Å². The molecule has 1 aliphatic rings. The van der Waals surface area contributed by atoms with Gasteiger partial charge in [0.05, 0.1) is 0 Å². The molecule has 4 heteroatoms. The fourth-order valence-electron chi connectivity index (χ4n) is 2.38. The van der Waals surface area contributed by atoms with Gasteiger partial charge in [0.1, 0.15) is 6.61 Å². The normalized spacial score (nSPS) is 16.2. The number of halogens is 1. The van der Waals surface area contributed by atoms with Crippen molar-refractivity contribution in [1.29, 1.82) is 0 Å². The maximum atomic E-state index is 14.1. The topological polar surface area (TPSA) is 24.5 Å². The number of hydrogen-bond donors (Lipinski definition) is 1. The minimum atomic E-state index is -0.272. The lowest BCUT2D eigenvalue weighted by Crippen LogP contribution is -2.26. The molecule has 2 rings (SSSR count). The zero-order chi connectivity index (χ0) is 15.2. The summed E-state index contributed by atoms with van der Waals surface area (Å²) in [7, 11) is 2.10. The molecule has 0 saturated heterocycles. The maximum Gasteiger partial charge on any atom is 0.165 e. The van der Waals surface area contributed by atoms with Crippen LogP contribution in [0.15, 0.2) is 18.2 Å². The number of likely N-dealkylation sites (N-methyl/N-ethyl adjacent to an activating group) is 1. The van der Waals surface area contributed by atoms with Gasteiger partial charge in [-0.25, -0.2) is 4.39 Å². The minimum absolute atomic E-state index is 0.162. The van der Waals surface area contributed by atoms with Gasteiger partial charge in [0, 0.05) is 18.6 Å². The lowest BCUT2D eigenvalue weighted by Gasteiger charge is -2.17. The average Bonchev–Trinajstić information content (AvgIpc) is 3.30. The first-order chi connectivity index (χ1) is 10.1. The van der Waals surface area contributed by atoms with Crippen LogP contribution in [0.1, 0.15) is 44.7 Å². The summed E-state index contributed by atoms with van der Waals surface area (Å²) in [6.07, 6.45) is 3.63. The van der Waals surface area contributed by atoms with E-state index in [-0.39, 0.29) is 11.9 Å². The Labute approximate surface area is 127 Å². The van der Waals surface area contributed by atoms with Crippen molar-refractivity contribution in [1.82, 2.24) is 10.2 Å². The molecule has 0 heterocycles.